The number of hydrogen-bond donors (Lipinski definition) is 2. The molecule has 0 saturated carbocycles. The Bertz CT molecular complexity index is 86.6. The molecule has 0 aliphatic rings. The van der Waals surface area contributed by atoms with Crippen LogP contribution in [0.15, 0.2) is 0 Å². The highest BCUT2D eigenvalue weighted by atomic mass is 16.5. The van der Waals surface area contributed by atoms with E-state index in [1.54, 1.807) is 6.92 Å². The molecule has 12 heavy (non-hydrogen) atoms. The van der Waals surface area contributed by atoms with E-state index in [0.29, 0.717) is 6.54 Å². The van der Waals surface area contributed by atoms with E-state index >= 15 is 0 Å². The molecule has 0 fully saturated rings. The molecule has 0 aliphatic heterocycles. The summed E-state index contributed by atoms with van der Waals surface area (Å²) in [5.74, 6) is 0. The molecule has 0 aromatic carbocycles. The fourth-order valence-corrected chi connectivity index (χ4v) is 0.804. The maximum atomic E-state index is 8.89. The molecule has 74 valence electrons. The lowest BCUT2D eigenvalue weighted by Gasteiger charge is -2.06. The van der Waals surface area contributed by atoms with Crippen molar-refractivity contribution < 1.29 is 9.84 Å². The molecule has 2 N–H and O–H groups in total. The average Bonchev–Trinajstić information content (AvgIpc) is 2.02. The monoisotopic (exact) mass is 175 g/mol. The standard InChI is InChI=1S/C9H21NO2/c1-3-4-6-12-7-5-10-8-9(2)11/h9-11H,3-8H2,1-2H3/t9-/m0/s1. The van der Waals surface area contributed by atoms with Crippen molar-refractivity contribution in [2.75, 3.05) is 26.3 Å². The van der Waals surface area contributed by atoms with Gasteiger partial charge >= 0.3 is 0 Å². The maximum Gasteiger partial charge on any atom is 0.0636 e. The zero-order valence-electron chi connectivity index (χ0n) is 8.18. The molecule has 1 atom stereocenters. The number of unbranched alkanes of at least 4 members (excludes halogenated alkanes) is 1. The highest BCUT2D eigenvalue weighted by Gasteiger charge is 1.93. The van der Waals surface area contributed by atoms with Crippen molar-refractivity contribution in [1.29, 1.82) is 0 Å². The van der Waals surface area contributed by atoms with E-state index in [-0.39, 0.29) is 6.10 Å². The zero-order chi connectivity index (χ0) is 9.23. The van der Waals surface area contributed by atoms with E-state index in [0.717, 1.165) is 26.2 Å². The predicted octanol–water partition coefficient (Wildman–Crippen LogP) is 0.774. The number of aliphatic hydroxyl groups excluding tert-OH is 1. The lowest BCUT2D eigenvalue weighted by atomic mass is 10.4. The summed E-state index contributed by atoms with van der Waals surface area (Å²) < 4.78 is 5.31. The highest BCUT2D eigenvalue weighted by molar-refractivity contribution is 4.51. The largest absolute Gasteiger partial charge is 0.392 e. The van der Waals surface area contributed by atoms with Crippen LogP contribution in [0, 0.1) is 0 Å². The molecular weight excluding hydrogens is 154 g/mol. The maximum absolute atomic E-state index is 8.89. The summed E-state index contributed by atoms with van der Waals surface area (Å²) in [7, 11) is 0. The van der Waals surface area contributed by atoms with E-state index in [1.165, 1.54) is 6.42 Å². The minimum Gasteiger partial charge on any atom is -0.392 e. The predicted molar refractivity (Wildman–Crippen MR) is 50.3 cm³/mol. The van der Waals surface area contributed by atoms with Gasteiger partial charge in [-0.2, -0.15) is 0 Å². The van der Waals surface area contributed by atoms with Gasteiger partial charge in [0.25, 0.3) is 0 Å². The summed E-state index contributed by atoms with van der Waals surface area (Å²) >= 11 is 0. The topological polar surface area (TPSA) is 41.5 Å². The Morgan fingerprint density at radius 2 is 2.17 bits per heavy atom. The molecule has 0 rings (SSSR count). The number of aliphatic hydroxyl groups is 1. The van der Waals surface area contributed by atoms with Gasteiger partial charge < -0.3 is 15.2 Å². The molecular formula is C9H21NO2. The van der Waals surface area contributed by atoms with Crippen molar-refractivity contribution in [3.05, 3.63) is 0 Å². The third-order valence-electron chi connectivity index (χ3n) is 1.51. The summed E-state index contributed by atoms with van der Waals surface area (Å²) in [6, 6.07) is 0. The van der Waals surface area contributed by atoms with E-state index < -0.39 is 0 Å². The third kappa shape index (κ3) is 9.88. The van der Waals surface area contributed by atoms with Crippen LogP contribution in [-0.4, -0.2) is 37.5 Å². The third-order valence-corrected chi connectivity index (χ3v) is 1.51. The quantitative estimate of drug-likeness (QED) is 0.535. The van der Waals surface area contributed by atoms with Gasteiger partial charge in [-0.05, 0) is 13.3 Å². The molecule has 0 aliphatic carbocycles. The van der Waals surface area contributed by atoms with Crippen LogP contribution in [0.25, 0.3) is 0 Å². The molecule has 0 bridgehead atoms. The van der Waals surface area contributed by atoms with E-state index in [4.69, 9.17) is 9.84 Å². The van der Waals surface area contributed by atoms with Gasteiger partial charge in [-0.25, -0.2) is 0 Å². The van der Waals surface area contributed by atoms with Crippen molar-refractivity contribution >= 4 is 0 Å². The van der Waals surface area contributed by atoms with Crippen LogP contribution in [-0.2, 0) is 4.74 Å². The summed E-state index contributed by atoms with van der Waals surface area (Å²) in [5, 5.41) is 12.0. The molecule has 0 spiro atoms. The van der Waals surface area contributed by atoms with E-state index in [9.17, 15) is 0 Å². The summed E-state index contributed by atoms with van der Waals surface area (Å²) in [6.45, 7) is 6.99. The second kappa shape index (κ2) is 8.97. The number of nitrogens with one attached hydrogen (secondary N) is 1. The molecule has 0 amide bonds. The van der Waals surface area contributed by atoms with Crippen LogP contribution < -0.4 is 5.32 Å². The molecule has 0 saturated heterocycles. The van der Waals surface area contributed by atoms with E-state index in [1.807, 2.05) is 0 Å². The fraction of sp³-hybridized carbons (Fsp3) is 1.00. The van der Waals surface area contributed by atoms with Gasteiger partial charge in [0.2, 0.25) is 0 Å². The molecule has 0 aromatic rings. The van der Waals surface area contributed by atoms with Crippen LogP contribution in [0.4, 0.5) is 0 Å². The first-order chi connectivity index (χ1) is 5.77. The molecule has 3 nitrogen and oxygen atoms in total. The van der Waals surface area contributed by atoms with Crippen molar-refractivity contribution in [2.24, 2.45) is 0 Å². The minimum absolute atomic E-state index is 0.263. The minimum atomic E-state index is -0.263. The van der Waals surface area contributed by atoms with Gasteiger partial charge in [-0.1, -0.05) is 13.3 Å². The van der Waals surface area contributed by atoms with Crippen molar-refractivity contribution in [1.82, 2.24) is 5.32 Å². The van der Waals surface area contributed by atoms with Gasteiger partial charge in [-0.15, -0.1) is 0 Å². The van der Waals surface area contributed by atoms with Gasteiger partial charge in [-0.3, -0.25) is 0 Å². The normalized spacial score (nSPS) is 13.2. The van der Waals surface area contributed by atoms with Crippen LogP contribution in [0.2, 0.25) is 0 Å². The van der Waals surface area contributed by atoms with Crippen LogP contribution in [0.1, 0.15) is 26.7 Å². The molecule has 0 radical (unpaired) electrons. The Hall–Kier alpha value is -0.120. The molecule has 0 aromatic heterocycles. The highest BCUT2D eigenvalue weighted by Crippen LogP contribution is 1.86. The summed E-state index contributed by atoms with van der Waals surface area (Å²) in [5.41, 5.74) is 0. The van der Waals surface area contributed by atoms with Crippen LogP contribution in [0.5, 0.6) is 0 Å². The molecule has 3 heteroatoms. The van der Waals surface area contributed by atoms with E-state index in [2.05, 4.69) is 12.2 Å². The molecule has 0 unspecified atom stereocenters. The zero-order valence-corrected chi connectivity index (χ0v) is 8.18. The first-order valence-electron chi connectivity index (χ1n) is 4.74. The van der Waals surface area contributed by atoms with Crippen molar-refractivity contribution in [2.45, 2.75) is 32.8 Å². The summed E-state index contributed by atoms with van der Waals surface area (Å²) in [6.07, 6.45) is 2.05. The van der Waals surface area contributed by atoms with Crippen LogP contribution >= 0.6 is 0 Å². The molecule has 0 heterocycles. The first kappa shape index (κ1) is 11.9. The Balaban J connectivity index is 2.82. The fourth-order valence-electron chi connectivity index (χ4n) is 0.804. The van der Waals surface area contributed by atoms with Gasteiger partial charge in [0.1, 0.15) is 0 Å². The Morgan fingerprint density at radius 3 is 2.75 bits per heavy atom. The Kier molecular flexibility index (Phi) is 8.88. The number of hydrogen-bond acceptors (Lipinski definition) is 3. The Labute approximate surface area is 75.1 Å². The van der Waals surface area contributed by atoms with Crippen LogP contribution in [0.3, 0.4) is 0 Å². The lowest BCUT2D eigenvalue weighted by Crippen LogP contribution is -2.27. The SMILES string of the molecule is CCCCOCCNC[C@H](C)O. The smallest absolute Gasteiger partial charge is 0.0636 e. The van der Waals surface area contributed by atoms with Gasteiger partial charge in [0.15, 0.2) is 0 Å². The number of ether oxygens (including phenoxy) is 1. The Morgan fingerprint density at radius 1 is 1.42 bits per heavy atom. The lowest BCUT2D eigenvalue weighted by molar-refractivity contribution is 0.127. The van der Waals surface area contributed by atoms with Crippen molar-refractivity contribution in [3.8, 4) is 0 Å². The van der Waals surface area contributed by atoms with Gasteiger partial charge in [0.05, 0.1) is 12.7 Å². The average molecular weight is 175 g/mol. The second-order valence-corrected chi connectivity index (χ2v) is 3.02. The second-order valence-electron chi connectivity index (χ2n) is 3.02. The first-order valence-corrected chi connectivity index (χ1v) is 4.74. The van der Waals surface area contributed by atoms with Crippen molar-refractivity contribution in [3.63, 3.8) is 0 Å². The summed E-state index contributed by atoms with van der Waals surface area (Å²) in [4.78, 5) is 0. The van der Waals surface area contributed by atoms with Gasteiger partial charge in [0, 0.05) is 19.7 Å². The number of rotatable bonds is 8.